The van der Waals surface area contributed by atoms with Crippen molar-refractivity contribution < 1.29 is 4.79 Å². The smallest absolute Gasteiger partial charge is 0.253 e. The Kier molecular flexibility index (Phi) is 8.06. The first-order chi connectivity index (χ1) is 18.0. The van der Waals surface area contributed by atoms with Crippen molar-refractivity contribution in [2.45, 2.75) is 52.1 Å². The highest BCUT2D eigenvalue weighted by molar-refractivity contribution is 6.36. The fraction of sp³-hybridized carbons (Fsp3) is 0.433. The topological polar surface area (TPSA) is 61.4 Å². The number of hydrogen-bond donors (Lipinski definition) is 1. The highest BCUT2D eigenvalue weighted by atomic mass is 35.5. The van der Waals surface area contributed by atoms with E-state index in [1.54, 1.807) is 12.3 Å². The Morgan fingerprint density at radius 2 is 1.76 bits per heavy atom. The van der Waals surface area contributed by atoms with Gasteiger partial charge in [-0.05, 0) is 62.3 Å². The van der Waals surface area contributed by atoms with Crippen LogP contribution in [-0.2, 0) is 6.54 Å². The molecule has 0 unspecified atom stereocenters. The van der Waals surface area contributed by atoms with Crippen molar-refractivity contribution in [3.63, 3.8) is 0 Å². The molecule has 2 aliphatic rings. The van der Waals surface area contributed by atoms with E-state index in [4.69, 9.17) is 16.6 Å². The Hall–Kier alpha value is -2.96. The number of likely N-dealkylation sites (tertiary alicyclic amines) is 1. The molecule has 0 saturated carbocycles. The predicted molar refractivity (Wildman–Crippen MR) is 150 cm³/mol. The lowest BCUT2D eigenvalue weighted by Gasteiger charge is -2.33. The second kappa shape index (κ2) is 11.6. The van der Waals surface area contributed by atoms with Crippen LogP contribution in [0.2, 0.25) is 5.02 Å². The largest absolute Gasteiger partial charge is 0.357 e. The first-order valence-corrected chi connectivity index (χ1v) is 13.8. The molecule has 5 rings (SSSR count). The first-order valence-electron chi connectivity index (χ1n) is 13.4. The lowest BCUT2D eigenvalue weighted by atomic mass is 9.99. The maximum atomic E-state index is 13.1. The summed E-state index contributed by atoms with van der Waals surface area (Å²) in [5.74, 6) is 1.80. The Balaban J connectivity index is 1.13. The zero-order chi connectivity index (χ0) is 25.8. The van der Waals surface area contributed by atoms with E-state index < -0.39 is 0 Å². The summed E-state index contributed by atoms with van der Waals surface area (Å²) >= 11 is 6.67. The Labute approximate surface area is 225 Å². The van der Waals surface area contributed by atoms with Gasteiger partial charge in [-0.3, -0.25) is 14.7 Å². The summed E-state index contributed by atoms with van der Waals surface area (Å²) in [6.07, 6.45) is 8.16. The Bertz CT molecular complexity index is 1200. The van der Waals surface area contributed by atoms with Crippen LogP contribution in [0.5, 0.6) is 0 Å². The average Bonchev–Trinajstić information content (AvgIpc) is 2.91. The van der Waals surface area contributed by atoms with Gasteiger partial charge in [-0.2, -0.15) is 0 Å². The number of nitrogens with zero attached hydrogens (tertiary/aromatic N) is 4. The van der Waals surface area contributed by atoms with Crippen LogP contribution in [0.3, 0.4) is 0 Å². The second-order valence-corrected chi connectivity index (χ2v) is 11.0. The molecule has 6 nitrogen and oxygen atoms in total. The second-order valence-electron chi connectivity index (χ2n) is 10.6. The van der Waals surface area contributed by atoms with Crippen LogP contribution in [-0.4, -0.2) is 53.0 Å². The van der Waals surface area contributed by atoms with Crippen LogP contribution < -0.4 is 10.2 Å². The molecule has 1 amide bonds. The molecule has 3 aromatic rings. The lowest BCUT2D eigenvalue weighted by Crippen LogP contribution is -2.44. The minimum atomic E-state index is -0.114. The Morgan fingerprint density at radius 3 is 2.43 bits per heavy atom. The molecule has 7 heteroatoms. The van der Waals surface area contributed by atoms with E-state index in [0.29, 0.717) is 10.6 Å². The summed E-state index contributed by atoms with van der Waals surface area (Å²) in [4.78, 5) is 27.0. The third kappa shape index (κ3) is 6.31. The molecule has 37 heavy (non-hydrogen) atoms. The number of aromatic nitrogens is 2. The van der Waals surface area contributed by atoms with Crippen molar-refractivity contribution in [3.8, 4) is 11.1 Å². The quantitative estimate of drug-likeness (QED) is 0.452. The fourth-order valence-corrected chi connectivity index (χ4v) is 5.57. The monoisotopic (exact) mass is 517 g/mol. The lowest BCUT2D eigenvalue weighted by molar-refractivity contribution is 0.0909. The average molecular weight is 518 g/mol. The summed E-state index contributed by atoms with van der Waals surface area (Å²) in [7, 11) is 0. The number of pyridine rings is 2. The van der Waals surface area contributed by atoms with Gasteiger partial charge in [0.05, 0.1) is 10.6 Å². The standard InChI is InChI=1S/C30H36ClN5O/c1-21-10-16-36(17-11-21)28-9-7-23(18-33-28)20-35-14-12-25(13-15-35)34-30(37)27-5-3-4-26(29(27)31)24-8-6-22(2)32-19-24/h3-9,18-19,21,25H,10-17,20H2,1-2H3,(H,34,37). The molecule has 1 N–H and O–H groups in total. The number of piperidine rings is 2. The molecule has 0 spiro atoms. The van der Waals surface area contributed by atoms with Gasteiger partial charge in [-0.25, -0.2) is 4.98 Å². The zero-order valence-corrected chi connectivity index (χ0v) is 22.5. The Morgan fingerprint density at radius 1 is 0.973 bits per heavy atom. The van der Waals surface area contributed by atoms with Gasteiger partial charge in [0.1, 0.15) is 5.82 Å². The van der Waals surface area contributed by atoms with Crippen LogP contribution >= 0.6 is 11.6 Å². The van der Waals surface area contributed by atoms with E-state index in [2.05, 4.69) is 39.2 Å². The van der Waals surface area contributed by atoms with Crippen LogP contribution in [0.25, 0.3) is 11.1 Å². The molecular formula is C30H36ClN5O. The predicted octanol–water partition coefficient (Wildman–Crippen LogP) is 5.74. The molecule has 4 heterocycles. The molecule has 0 radical (unpaired) electrons. The zero-order valence-electron chi connectivity index (χ0n) is 21.8. The molecule has 2 saturated heterocycles. The van der Waals surface area contributed by atoms with E-state index in [1.807, 2.05) is 37.4 Å². The highest BCUT2D eigenvalue weighted by Gasteiger charge is 2.23. The van der Waals surface area contributed by atoms with Crippen LogP contribution in [0.15, 0.2) is 54.9 Å². The maximum absolute atomic E-state index is 13.1. The molecule has 0 aliphatic carbocycles. The van der Waals surface area contributed by atoms with Crippen LogP contribution in [0, 0.1) is 12.8 Å². The molecule has 0 bridgehead atoms. The van der Waals surface area contributed by atoms with Gasteiger partial charge in [0.2, 0.25) is 0 Å². The van der Waals surface area contributed by atoms with Gasteiger partial charge in [-0.1, -0.05) is 42.8 Å². The third-order valence-electron chi connectivity index (χ3n) is 7.71. The maximum Gasteiger partial charge on any atom is 0.253 e. The van der Waals surface area contributed by atoms with Gasteiger partial charge in [0.25, 0.3) is 5.91 Å². The summed E-state index contributed by atoms with van der Waals surface area (Å²) in [5, 5.41) is 3.68. The summed E-state index contributed by atoms with van der Waals surface area (Å²) in [6.45, 7) is 9.27. The minimum Gasteiger partial charge on any atom is -0.357 e. The number of aryl methyl sites for hydroxylation is 1. The van der Waals surface area contributed by atoms with E-state index in [-0.39, 0.29) is 11.9 Å². The fourth-order valence-electron chi connectivity index (χ4n) is 5.25. The minimum absolute atomic E-state index is 0.114. The number of carbonyl (C=O) groups is 1. The van der Waals surface area contributed by atoms with Gasteiger partial charge in [0, 0.05) is 68.0 Å². The number of carbonyl (C=O) groups excluding carboxylic acids is 1. The number of halogens is 1. The number of hydrogen-bond acceptors (Lipinski definition) is 5. The molecule has 0 atom stereocenters. The van der Waals surface area contributed by atoms with Gasteiger partial charge in [0.15, 0.2) is 0 Å². The van der Waals surface area contributed by atoms with Crippen molar-refractivity contribution in [2.24, 2.45) is 5.92 Å². The molecule has 2 aromatic heterocycles. The van der Waals surface area contributed by atoms with Crippen LogP contribution in [0.1, 0.15) is 54.2 Å². The van der Waals surface area contributed by atoms with Crippen molar-refractivity contribution in [1.82, 2.24) is 20.2 Å². The van der Waals surface area contributed by atoms with Crippen molar-refractivity contribution in [3.05, 3.63) is 76.7 Å². The summed E-state index contributed by atoms with van der Waals surface area (Å²) < 4.78 is 0. The van der Waals surface area contributed by atoms with Gasteiger partial charge >= 0.3 is 0 Å². The third-order valence-corrected chi connectivity index (χ3v) is 8.12. The molecule has 2 aliphatic heterocycles. The number of anilines is 1. The number of amides is 1. The number of rotatable bonds is 6. The molecule has 2 fully saturated rings. The van der Waals surface area contributed by atoms with Crippen molar-refractivity contribution in [2.75, 3.05) is 31.1 Å². The summed E-state index contributed by atoms with van der Waals surface area (Å²) in [6, 6.07) is 14.1. The van der Waals surface area contributed by atoms with E-state index in [0.717, 1.165) is 74.1 Å². The van der Waals surface area contributed by atoms with Crippen molar-refractivity contribution in [1.29, 1.82) is 0 Å². The SMILES string of the molecule is Cc1ccc(-c2cccc(C(=O)NC3CCN(Cc4ccc(N5CCC(C)CC5)nc4)CC3)c2Cl)cn1. The normalized spacial score (nSPS) is 17.6. The first kappa shape index (κ1) is 25.7. The summed E-state index contributed by atoms with van der Waals surface area (Å²) in [5.41, 5.74) is 4.43. The van der Waals surface area contributed by atoms with E-state index in [9.17, 15) is 4.79 Å². The van der Waals surface area contributed by atoms with Crippen molar-refractivity contribution >= 4 is 23.3 Å². The number of nitrogens with one attached hydrogen (secondary N) is 1. The van der Waals surface area contributed by atoms with E-state index in [1.165, 1.54) is 18.4 Å². The van der Waals surface area contributed by atoms with Crippen LogP contribution in [0.4, 0.5) is 5.82 Å². The number of benzene rings is 1. The van der Waals surface area contributed by atoms with Gasteiger partial charge in [-0.15, -0.1) is 0 Å². The molecular weight excluding hydrogens is 482 g/mol. The molecule has 194 valence electrons. The van der Waals surface area contributed by atoms with Gasteiger partial charge < -0.3 is 10.2 Å². The van der Waals surface area contributed by atoms with E-state index >= 15 is 0 Å². The highest BCUT2D eigenvalue weighted by Crippen LogP contribution is 2.31. The molecule has 1 aromatic carbocycles.